The van der Waals surface area contributed by atoms with Gasteiger partial charge in [-0.15, -0.1) is 11.8 Å². The Morgan fingerprint density at radius 3 is 2.60 bits per heavy atom. The molecule has 1 amide bonds. The standard InChI is InChI=1S/C16H17BrF3N3OS/c1-11(25-13-5-3-12(17)4-6-13)15(24)22(2)9-14-21-7-8-23(14)10-16(18,19)20/h3-8,11H,9-10H2,1-2H3. The second-order valence-corrected chi connectivity index (χ2v) is 7.82. The van der Waals surface area contributed by atoms with Crippen LogP contribution in [0, 0.1) is 0 Å². The summed E-state index contributed by atoms with van der Waals surface area (Å²) >= 11 is 4.75. The summed E-state index contributed by atoms with van der Waals surface area (Å²) < 4.78 is 39.6. The number of hydrogen-bond donors (Lipinski definition) is 0. The SMILES string of the molecule is CC(Sc1ccc(Br)cc1)C(=O)N(C)Cc1nccn1CC(F)(F)F. The summed E-state index contributed by atoms with van der Waals surface area (Å²) in [4.78, 5) is 18.7. The third-order valence-electron chi connectivity index (χ3n) is 3.38. The molecule has 0 fully saturated rings. The van der Waals surface area contributed by atoms with E-state index in [-0.39, 0.29) is 23.5 Å². The topological polar surface area (TPSA) is 38.1 Å². The number of nitrogens with zero attached hydrogens (tertiary/aromatic N) is 3. The molecule has 0 aliphatic rings. The van der Waals surface area contributed by atoms with E-state index in [1.807, 2.05) is 24.3 Å². The van der Waals surface area contributed by atoms with Crippen molar-refractivity contribution in [3.05, 3.63) is 47.0 Å². The Kier molecular flexibility index (Phi) is 6.56. The fourth-order valence-corrected chi connectivity index (χ4v) is 3.44. The molecule has 25 heavy (non-hydrogen) atoms. The number of imidazole rings is 1. The highest BCUT2D eigenvalue weighted by atomic mass is 79.9. The highest BCUT2D eigenvalue weighted by molar-refractivity contribution is 9.10. The van der Waals surface area contributed by atoms with Gasteiger partial charge in [0.05, 0.1) is 11.8 Å². The van der Waals surface area contributed by atoms with E-state index < -0.39 is 12.7 Å². The van der Waals surface area contributed by atoms with Crippen LogP contribution in [0.15, 0.2) is 46.0 Å². The van der Waals surface area contributed by atoms with Crippen LogP contribution in [0.5, 0.6) is 0 Å². The minimum Gasteiger partial charge on any atom is -0.337 e. The van der Waals surface area contributed by atoms with Crippen molar-refractivity contribution in [3.8, 4) is 0 Å². The number of amides is 1. The van der Waals surface area contributed by atoms with Gasteiger partial charge in [-0.1, -0.05) is 15.9 Å². The van der Waals surface area contributed by atoms with Gasteiger partial charge in [0.25, 0.3) is 0 Å². The van der Waals surface area contributed by atoms with Gasteiger partial charge in [0, 0.05) is 28.8 Å². The molecule has 0 saturated carbocycles. The van der Waals surface area contributed by atoms with E-state index in [1.165, 1.54) is 29.1 Å². The van der Waals surface area contributed by atoms with Gasteiger partial charge in [0.1, 0.15) is 12.4 Å². The monoisotopic (exact) mass is 435 g/mol. The Morgan fingerprint density at radius 2 is 2.00 bits per heavy atom. The zero-order chi connectivity index (χ0) is 18.6. The van der Waals surface area contributed by atoms with E-state index in [1.54, 1.807) is 14.0 Å². The average Bonchev–Trinajstić information content (AvgIpc) is 2.93. The first kappa shape index (κ1) is 19.8. The Balaban J connectivity index is 1.98. The van der Waals surface area contributed by atoms with Crippen LogP contribution in [0.4, 0.5) is 13.2 Å². The molecule has 0 bridgehead atoms. The van der Waals surface area contributed by atoms with Crippen molar-refractivity contribution in [2.45, 2.75) is 36.3 Å². The van der Waals surface area contributed by atoms with E-state index in [2.05, 4.69) is 20.9 Å². The number of carbonyl (C=O) groups is 1. The average molecular weight is 436 g/mol. The molecule has 2 aromatic rings. The zero-order valence-electron chi connectivity index (χ0n) is 13.6. The molecule has 1 atom stereocenters. The lowest BCUT2D eigenvalue weighted by Crippen LogP contribution is -2.34. The van der Waals surface area contributed by atoms with Crippen LogP contribution in [0.2, 0.25) is 0 Å². The van der Waals surface area contributed by atoms with Crippen LogP contribution in [0.1, 0.15) is 12.7 Å². The summed E-state index contributed by atoms with van der Waals surface area (Å²) in [6.45, 7) is 0.675. The minimum atomic E-state index is -4.33. The summed E-state index contributed by atoms with van der Waals surface area (Å²) in [5.74, 6) is 0.0310. The Labute approximate surface area is 156 Å². The molecule has 1 aromatic heterocycles. The minimum absolute atomic E-state index is 0.0210. The quantitative estimate of drug-likeness (QED) is 0.633. The Bertz CT molecular complexity index is 718. The first-order valence-electron chi connectivity index (χ1n) is 7.39. The van der Waals surface area contributed by atoms with Crippen LogP contribution < -0.4 is 0 Å². The molecule has 0 radical (unpaired) electrons. The van der Waals surface area contributed by atoms with E-state index >= 15 is 0 Å². The van der Waals surface area contributed by atoms with Crippen molar-refractivity contribution < 1.29 is 18.0 Å². The first-order chi connectivity index (χ1) is 11.7. The van der Waals surface area contributed by atoms with Crippen molar-refractivity contribution in [2.24, 2.45) is 0 Å². The summed E-state index contributed by atoms with van der Waals surface area (Å²) in [5, 5.41) is -0.364. The molecule has 1 unspecified atom stereocenters. The van der Waals surface area contributed by atoms with Crippen molar-refractivity contribution in [1.82, 2.24) is 14.5 Å². The maximum absolute atomic E-state index is 12.6. The van der Waals surface area contributed by atoms with Gasteiger partial charge < -0.3 is 9.47 Å². The predicted octanol–water partition coefficient (Wildman–Crippen LogP) is 4.35. The number of benzene rings is 1. The number of rotatable bonds is 6. The second-order valence-electron chi connectivity index (χ2n) is 5.49. The molecular weight excluding hydrogens is 419 g/mol. The molecule has 4 nitrogen and oxygen atoms in total. The van der Waals surface area contributed by atoms with Crippen molar-refractivity contribution in [1.29, 1.82) is 0 Å². The van der Waals surface area contributed by atoms with Crippen molar-refractivity contribution >= 4 is 33.6 Å². The van der Waals surface area contributed by atoms with E-state index in [0.29, 0.717) is 0 Å². The number of alkyl halides is 3. The van der Waals surface area contributed by atoms with Gasteiger partial charge in [-0.3, -0.25) is 4.79 Å². The molecule has 1 aromatic carbocycles. The second kappa shape index (κ2) is 8.27. The maximum atomic E-state index is 12.6. The summed E-state index contributed by atoms with van der Waals surface area (Å²) in [6.07, 6.45) is -1.76. The first-order valence-corrected chi connectivity index (χ1v) is 9.07. The molecule has 1 heterocycles. The van der Waals surface area contributed by atoms with Gasteiger partial charge in [0.2, 0.25) is 5.91 Å². The van der Waals surface area contributed by atoms with E-state index in [9.17, 15) is 18.0 Å². The molecule has 2 rings (SSSR count). The molecular formula is C16H17BrF3N3OS. The van der Waals surface area contributed by atoms with Gasteiger partial charge in [-0.05, 0) is 31.2 Å². The summed E-state index contributed by atoms with van der Waals surface area (Å²) in [5.41, 5.74) is 0. The largest absolute Gasteiger partial charge is 0.406 e. The van der Waals surface area contributed by atoms with Crippen LogP contribution in [-0.2, 0) is 17.9 Å². The lowest BCUT2D eigenvalue weighted by molar-refractivity contribution is -0.141. The van der Waals surface area contributed by atoms with Crippen molar-refractivity contribution in [3.63, 3.8) is 0 Å². The van der Waals surface area contributed by atoms with Crippen LogP contribution in [-0.4, -0.2) is 38.8 Å². The molecule has 0 aliphatic heterocycles. The third-order valence-corrected chi connectivity index (χ3v) is 5.01. The van der Waals surface area contributed by atoms with Gasteiger partial charge in [-0.25, -0.2) is 4.98 Å². The summed E-state index contributed by atoms with van der Waals surface area (Å²) in [7, 11) is 1.56. The van der Waals surface area contributed by atoms with E-state index in [0.717, 1.165) is 13.9 Å². The maximum Gasteiger partial charge on any atom is 0.406 e. The molecule has 0 N–H and O–H groups in total. The van der Waals surface area contributed by atoms with Gasteiger partial charge in [-0.2, -0.15) is 13.2 Å². The molecule has 0 saturated heterocycles. The molecule has 136 valence electrons. The fraction of sp³-hybridized carbons (Fsp3) is 0.375. The Hall–Kier alpha value is -1.48. The lowest BCUT2D eigenvalue weighted by Gasteiger charge is -2.21. The number of hydrogen-bond acceptors (Lipinski definition) is 3. The lowest BCUT2D eigenvalue weighted by atomic mass is 10.4. The fourth-order valence-electron chi connectivity index (χ4n) is 2.20. The highest BCUT2D eigenvalue weighted by Crippen LogP contribution is 2.26. The third kappa shape index (κ3) is 6.07. The smallest absolute Gasteiger partial charge is 0.337 e. The number of thioether (sulfide) groups is 1. The normalized spacial score (nSPS) is 12.9. The summed E-state index contributed by atoms with van der Waals surface area (Å²) in [6, 6.07) is 7.57. The number of halogens is 4. The van der Waals surface area contributed by atoms with Crippen LogP contribution in [0.3, 0.4) is 0 Å². The predicted molar refractivity (Wildman–Crippen MR) is 94.2 cm³/mol. The van der Waals surface area contributed by atoms with Gasteiger partial charge >= 0.3 is 6.18 Å². The van der Waals surface area contributed by atoms with Crippen LogP contribution >= 0.6 is 27.7 Å². The van der Waals surface area contributed by atoms with E-state index in [4.69, 9.17) is 0 Å². The molecule has 0 aliphatic carbocycles. The Morgan fingerprint density at radius 1 is 1.36 bits per heavy atom. The van der Waals surface area contributed by atoms with Gasteiger partial charge in [0.15, 0.2) is 0 Å². The van der Waals surface area contributed by atoms with Crippen LogP contribution in [0.25, 0.3) is 0 Å². The zero-order valence-corrected chi connectivity index (χ0v) is 16.0. The molecule has 0 spiro atoms. The van der Waals surface area contributed by atoms with Crippen molar-refractivity contribution in [2.75, 3.05) is 7.05 Å². The molecule has 9 heteroatoms. The highest BCUT2D eigenvalue weighted by Gasteiger charge is 2.29. The number of carbonyl (C=O) groups excluding carboxylic acids is 1. The number of aromatic nitrogens is 2.